The molecule has 1 amide bonds. The number of carbonyl (C=O) groups excluding carboxylic acids is 4. The lowest BCUT2D eigenvalue weighted by Crippen LogP contribution is -2.71. The van der Waals surface area contributed by atoms with Crippen LogP contribution in [0.25, 0.3) is 0 Å². The van der Waals surface area contributed by atoms with Crippen LogP contribution in [0.4, 0.5) is 0 Å². The van der Waals surface area contributed by atoms with Crippen LogP contribution in [0.15, 0.2) is 18.2 Å². The molecule has 2 saturated heterocycles. The maximum Gasteiger partial charge on any atom is 0.576 e. The van der Waals surface area contributed by atoms with Crippen LogP contribution >= 0.6 is 23.2 Å². The van der Waals surface area contributed by atoms with Gasteiger partial charge in [0.05, 0.1) is 30.7 Å². The summed E-state index contributed by atoms with van der Waals surface area (Å²) in [6.07, 6.45) is -0.898. The highest BCUT2D eigenvalue weighted by atomic mass is 35.5. The first-order valence-electron chi connectivity index (χ1n) is 11.0. The zero-order valence-electron chi connectivity index (χ0n) is 19.5. The molecule has 3 atom stereocenters. The van der Waals surface area contributed by atoms with Crippen molar-refractivity contribution in [1.29, 1.82) is 0 Å². The minimum Gasteiger partial charge on any atom is -0.718 e. The number of rotatable bonds is 9. The van der Waals surface area contributed by atoms with Crippen molar-refractivity contribution in [2.45, 2.75) is 50.9 Å². The van der Waals surface area contributed by atoms with Gasteiger partial charge in [0.2, 0.25) is 0 Å². The van der Waals surface area contributed by atoms with Crippen molar-refractivity contribution in [3.05, 3.63) is 33.8 Å². The molecule has 0 aliphatic carbocycles. The molecule has 0 radical (unpaired) electrons. The van der Waals surface area contributed by atoms with Gasteiger partial charge in [-0.25, -0.2) is 4.79 Å². The number of esters is 1. The molecule has 0 spiro atoms. The second-order valence-corrected chi connectivity index (χ2v) is 9.98. The number of fused-ring (bicyclic) bond motifs is 2. The van der Waals surface area contributed by atoms with E-state index < -0.39 is 60.6 Å². The minimum absolute atomic E-state index is 0.00658. The summed E-state index contributed by atoms with van der Waals surface area (Å²) in [4.78, 5) is 62.9. The van der Waals surface area contributed by atoms with E-state index in [2.05, 4.69) is 9.97 Å². The summed E-state index contributed by atoms with van der Waals surface area (Å²) in [5, 5.41) is 2.96. The number of nitrogens with one attached hydrogen (secondary N) is 1. The number of ketones is 1. The molecule has 0 aromatic heterocycles. The number of ether oxygens (including phenoxy) is 1. The number of hydrogen-bond acceptors (Lipinski definition) is 8. The topological polar surface area (TPSA) is 138 Å². The number of methoxy groups -OCH3 is 1. The van der Waals surface area contributed by atoms with E-state index in [1.54, 1.807) is 0 Å². The summed E-state index contributed by atoms with van der Waals surface area (Å²) in [6.45, 7) is 0.367. The predicted octanol–water partition coefficient (Wildman–Crippen LogP) is 2.37. The van der Waals surface area contributed by atoms with Crippen molar-refractivity contribution < 1.29 is 42.7 Å². The van der Waals surface area contributed by atoms with Crippen LogP contribution in [0.5, 0.6) is 0 Å². The lowest BCUT2D eigenvalue weighted by atomic mass is 9.55. The molecule has 1 aromatic rings. The van der Waals surface area contributed by atoms with Gasteiger partial charge >= 0.3 is 18.7 Å². The maximum atomic E-state index is 12.9. The molecule has 1 unspecified atom stereocenters. The van der Waals surface area contributed by atoms with Crippen LogP contribution < -0.4 is 5.32 Å². The Balaban J connectivity index is 1.80. The van der Waals surface area contributed by atoms with Gasteiger partial charge in [-0.1, -0.05) is 43.5 Å². The average Bonchev–Trinajstić information content (AvgIpc) is 2.76. The Bertz CT molecular complexity index is 1040. The normalized spacial score (nSPS) is 24.3. The zero-order chi connectivity index (χ0) is 26.0. The first kappa shape index (κ1) is 27.0. The van der Waals surface area contributed by atoms with Gasteiger partial charge in [-0.3, -0.25) is 14.4 Å². The second kappa shape index (κ2) is 10.6. The van der Waals surface area contributed by atoms with Gasteiger partial charge in [-0.05, 0) is 36.4 Å². The van der Waals surface area contributed by atoms with Crippen LogP contribution in [-0.4, -0.2) is 60.3 Å². The van der Waals surface area contributed by atoms with Crippen molar-refractivity contribution in [1.82, 2.24) is 5.32 Å². The van der Waals surface area contributed by atoms with Gasteiger partial charge in [0, 0.05) is 9.82 Å². The molecule has 3 rings (SSSR count). The zero-order valence-corrected chi connectivity index (χ0v) is 21.0. The van der Waals surface area contributed by atoms with Gasteiger partial charge in [0.15, 0.2) is 5.60 Å². The van der Waals surface area contributed by atoms with Crippen molar-refractivity contribution in [2.75, 3.05) is 13.7 Å². The number of amides is 1. The Morgan fingerprint density at radius 2 is 1.94 bits per heavy atom. The number of benzene rings is 1. The van der Waals surface area contributed by atoms with Crippen molar-refractivity contribution in [3.63, 3.8) is 0 Å². The summed E-state index contributed by atoms with van der Waals surface area (Å²) in [6, 6.07) is 4.37. The van der Waals surface area contributed by atoms with E-state index in [1.807, 2.05) is 13.8 Å². The number of carbonyl (C=O) groups is 5. The van der Waals surface area contributed by atoms with Crippen LogP contribution in [0, 0.1) is 5.92 Å². The van der Waals surface area contributed by atoms with Gasteiger partial charge in [-0.15, -0.1) is 0 Å². The molecule has 2 heterocycles. The number of carboxylic acids is 1. The van der Waals surface area contributed by atoms with Gasteiger partial charge < -0.3 is 24.0 Å². The third kappa shape index (κ3) is 5.96. The molecule has 1 aromatic carbocycles. The van der Waals surface area contributed by atoms with Crippen LogP contribution in [0.2, 0.25) is 15.9 Å². The lowest BCUT2D eigenvalue weighted by Gasteiger charge is -2.55. The SMILES string of the molecule is COC(=O)[C@@]12CC(=O)O[B-]([C@@H](CC(=O)CNC(=O)c3cc(Cl)ccc3Cl)CC(C)C)(O1)[OH+]C(=O)C2. The Kier molecular flexibility index (Phi) is 8.13. The fraction of sp³-hybridized carbons (Fsp3) is 0.500. The van der Waals surface area contributed by atoms with E-state index in [4.69, 9.17) is 37.2 Å². The summed E-state index contributed by atoms with van der Waals surface area (Å²) in [7, 11) is 1.12. The lowest BCUT2D eigenvalue weighted by molar-refractivity contribution is -0.209. The molecule has 190 valence electrons. The molecule has 2 aliphatic heterocycles. The van der Waals surface area contributed by atoms with Gasteiger partial charge in [0.25, 0.3) is 11.9 Å². The second-order valence-electron chi connectivity index (χ2n) is 9.14. The van der Waals surface area contributed by atoms with E-state index in [0.717, 1.165) is 7.11 Å². The third-order valence-corrected chi connectivity index (χ3v) is 6.49. The molecule has 10 nitrogen and oxygen atoms in total. The highest BCUT2D eigenvalue weighted by molar-refractivity contribution is 6.66. The molecule has 35 heavy (non-hydrogen) atoms. The van der Waals surface area contributed by atoms with Gasteiger partial charge in [0.1, 0.15) is 12.2 Å². The number of halogens is 2. The fourth-order valence-corrected chi connectivity index (χ4v) is 4.87. The highest BCUT2D eigenvalue weighted by Crippen LogP contribution is 2.45. The largest absolute Gasteiger partial charge is 0.718 e. The molecule has 0 saturated carbocycles. The van der Waals surface area contributed by atoms with E-state index in [1.165, 1.54) is 18.2 Å². The Hall–Kier alpha value is -2.63. The smallest absolute Gasteiger partial charge is 0.576 e. The molecular weight excluding hydrogens is 504 g/mol. The summed E-state index contributed by atoms with van der Waals surface area (Å²) >= 11 is 11.9. The first-order valence-corrected chi connectivity index (χ1v) is 11.8. The van der Waals surface area contributed by atoms with Crippen LogP contribution in [0.1, 0.15) is 49.9 Å². The Labute approximate surface area is 211 Å². The monoisotopic (exact) mass is 529 g/mol. The first-order chi connectivity index (χ1) is 16.4. The van der Waals surface area contributed by atoms with E-state index in [0.29, 0.717) is 11.4 Å². The van der Waals surface area contributed by atoms with Crippen molar-refractivity contribution in [3.8, 4) is 0 Å². The summed E-state index contributed by atoms with van der Waals surface area (Å²) in [5.74, 6) is -4.22. The number of Topliss-reactive ketones (excluding diaryl/α,β-unsaturated/α-hetero) is 1. The van der Waals surface area contributed by atoms with E-state index in [-0.39, 0.29) is 29.5 Å². The molecule has 13 heteroatoms. The average molecular weight is 530 g/mol. The summed E-state index contributed by atoms with van der Waals surface area (Å²) in [5.41, 5.74) is -1.74. The standard InChI is InChI=1S/C22H26BCl2NO9/c1-12(2)6-13(7-15(27)11-26-20(30)16-8-14(24)4-5-17(16)25)23-33-18(28)9-22(35-23,21(31)32-3)10-19(29)34-23/h4-5,8,12-13,33H,6-7,9-11H2,1-3H3,(H,26,30)/t13-,22-,23?/m1/s1. The summed E-state index contributed by atoms with van der Waals surface area (Å²) < 4.78 is 20.2. The molecule has 2 bridgehead atoms. The highest BCUT2D eigenvalue weighted by Gasteiger charge is 2.65. The fourth-order valence-electron chi connectivity index (χ4n) is 4.50. The molecule has 2 aliphatic rings. The Morgan fingerprint density at radius 1 is 1.23 bits per heavy atom. The molecule has 2 fully saturated rings. The quantitative estimate of drug-likeness (QED) is 0.292. The van der Waals surface area contributed by atoms with E-state index >= 15 is 0 Å². The van der Waals surface area contributed by atoms with Crippen molar-refractivity contribution in [2.24, 2.45) is 5.92 Å². The Morgan fingerprint density at radius 3 is 2.60 bits per heavy atom. The molecule has 2 N–H and O–H groups in total. The predicted molar refractivity (Wildman–Crippen MR) is 126 cm³/mol. The van der Waals surface area contributed by atoms with Crippen LogP contribution in [0.3, 0.4) is 0 Å². The maximum absolute atomic E-state index is 12.9. The van der Waals surface area contributed by atoms with Gasteiger partial charge in [-0.2, -0.15) is 0 Å². The van der Waals surface area contributed by atoms with Crippen molar-refractivity contribution >= 4 is 59.6 Å². The van der Waals surface area contributed by atoms with Crippen LogP contribution in [-0.2, 0) is 33.2 Å². The third-order valence-electron chi connectivity index (χ3n) is 5.92. The van der Waals surface area contributed by atoms with E-state index in [9.17, 15) is 24.0 Å². The number of hydrogen-bond donors (Lipinski definition) is 1. The minimum atomic E-state index is -3.01. The number of aliphatic carboxylic acids is 1. The molecular formula is C22H26BCl2NO9.